The van der Waals surface area contributed by atoms with Gasteiger partial charge in [0.15, 0.2) is 6.61 Å². The number of benzene rings is 3. The highest BCUT2D eigenvalue weighted by Crippen LogP contribution is 2.24. The number of halogens is 2. The Bertz CT molecular complexity index is 1150. The van der Waals surface area contributed by atoms with Gasteiger partial charge in [0.2, 0.25) is 10.0 Å². The number of nitrogens with zero attached hydrogens (tertiary/aromatic N) is 1. The maximum absolute atomic E-state index is 14.0. The van der Waals surface area contributed by atoms with Crippen molar-refractivity contribution in [3.05, 3.63) is 88.6 Å². The normalized spacial score (nSPS) is 11.1. The zero-order valence-corrected chi connectivity index (χ0v) is 19.0. The monoisotopic (exact) mass is 506 g/mol. The second-order valence-electron chi connectivity index (χ2n) is 6.70. The van der Waals surface area contributed by atoms with Crippen molar-refractivity contribution >= 4 is 43.2 Å². The Labute approximate surface area is 188 Å². The zero-order valence-electron chi connectivity index (χ0n) is 16.6. The molecule has 0 aliphatic rings. The molecule has 1 N–H and O–H groups in total. The van der Waals surface area contributed by atoms with Crippen LogP contribution in [0.1, 0.15) is 5.56 Å². The van der Waals surface area contributed by atoms with E-state index in [1.165, 1.54) is 12.1 Å². The average molecular weight is 507 g/mol. The maximum Gasteiger partial charge on any atom is 0.262 e. The number of carbonyl (C=O) groups is 1. The van der Waals surface area contributed by atoms with Crippen LogP contribution in [0.4, 0.5) is 15.8 Å². The van der Waals surface area contributed by atoms with E-state index in [1.807, 2.05) is 12.1 Å². The van der Waals surface area contributed by atoms with Crippen LogP contribution in [0.2, 0.25) is 0 Å². The third kappa shape index (κ3) is 6.53. The summed E-state index contributed by atoms with van der Waals surface area (Å²) >= 11 is 3.33. The molecule has 3 aromatic carbocycles. The van der Waals surface area contributed by atoms with Crippen molar-refractivity contribution in [1.82, 2.24) is 0 Å². The second kappa shape index (κ2) is 9.93. The number of hydrogen-bond donors (Lipinski definition) is 1. The number of nitrogens with one attached hydrogen (secondary N) is 1. The number of rotatable bonds is 8. The van der Waals surface area contributed by atoms with E-state index in [1.54, 1.807) is 48.5 Å². The minimum Gasteiger partial charge on any atom is -0.484 e. The fraction of sp³-hybridized carbons (Fsp3) is 0.136. The molecule has 0 aromatic heterocycles. The lowest BCUT2D eigenvalue weighted by molar-refractivity contribution is -0.118. The number of carbonyl (C=O) groups excluding carboxylic acids is 1. The molecule has 0 saturated carbocycles. The summed E-state index contributed by atoms with van der Waals surface area (Å²) in [6.45, 7) is -0.346. The number of amides is 1. The first-order chi connectivity index (χ1) is 14.7. The molecular formula is C22H20BrFN2O4S. The summed E-state index contributed by atoms with van der Waals surface area (Å²) in [4.78, 5) is 12.0. The third-order valence-electron chi connectivity index (χ3n) is 4.29. The molecule has 3 aromatic rings. The van der Waals surface area contributed by atoms with Crippen molar-refractivity contribution in [1.29, 1.82) is 0 Å². The molecule has 0 fully saturated rings. The smallest absolute Gasteiger partial charge is 0.262 e. The fourth-order valence-corrected chi connectivity index (χ4v) is 3.91. The van der Waals surface area contributed by atoms with Crippen molar-refractivity contribution in [3.8, 4) is 5.75 Å². The highest BCUT2D eigenvalue weighted by Gasteiger charge is 2.19. The molecule has 162 valence electrons. The summed E-state index contributed by atoms with van der Waals surface area (Å²) in [7, 11) is -3.65. The summed E-state index contributed by atoms with van der Waals surface area (Å²) in [5.74, 6) is -0.411. The first kappa shape index (κ1) is 22.8. The highest BCUT2D eigenvalue weighted by molar-refractivity contribution is 9.10. The molecule has 0 atom stereocenters. The lowest BCUT2D eigenvalue weighted by Crippen LogP contribution is -2.29. The van der Waals surface area contributed by atoms with Gasteiger partial charge in [-0.05, 0) is 54.6 Å². The van der Waals surface area contributed by atoms with E-state index in [2.05, 4.69) is 21.2 Å². The summed E-state index contributed by atoms with van der Waals surface area (Å²) in [5, 5.41) is 2.71. The first-order valence-electron chi connectivity index (χ1n) is 9.22. The molecule has 0 heterocycles. The van der Waals surface area contributed by atoms with E-state index in [4.69, 9.17) is 4.74 Å². The van der Waals surface area contributed by atoms with E-state index < -0.39 is 15.8 Å². The van der Waals surface area contributed by atoms with Gasteiger partial charge in [-0.15, -0.1) is 0 Å². The van der Waals surface area contributed by atoms with Gasteiger partial charge in [-0.3, -0.25) is 9.10 Å². The van der Waals surface area contributed by atoms with Crippen LogP contribution in [-0.4, -0.2) is 27.2 Å². The van der Waals surface area contributed by atoms with Gasteiger partial charge in [0.1, 0.15) is 11.6 Å². The van der Waals surface area contributed by atoms with E-state index in [9.17, 15) is 17.6 Å². The third-order valence-corrected chi connectivity index (χ3v) is 5.96. The summed E-state index contributed by atoms with van der Waals surface area (Å²) in [6, 6.07) is 19.3. The molecule has 31 heavy (non-hydrogen) atoms. The second-order valence-corrected chi connectivity index (χ2v) is 9.52. The van der Waals surface area contributed by atoms with Gasteiger partial charge in [-0.1, -0.05) is 34.1 Å². The lowest BCUT2D eigenvalue weighted by Gasteiger charge is -2.23. The quantitative estimate of drug-likeness (QED) is 0.485. The molecule has 0 spiro atoms. The molecule has 0 saturated heterocycles. The van der Waals surface area contributed by atoms with Crippen molar-refractivity contribution in [3.63, 3.8) is 0 Å². The molecule has 9 heteroatoms. The van der Waals surface area contributed by atoms with Crippen LogP contribution in [0, 0.1) is 5.82 Å². The van der Waals surface area contributed by atoms with Gasteiger partial charge in [0, 0.05) is 15.7 Å². The predicted molar refractivity (Wildman–Crippen MR) is 122 cm³/mol. The highest BCUT2D eigenvalue weighted by atomic mass is 79.9. The SMILES string of the molecule is CS(=O)(=O)N(Cc1ccccc1F)c1ccc(OCC(=O)Nc2ccc(Br)cc2)cc1. The van der Waals surface area contributed by atoms with E-state index in [0.717, 1.165) is 15.0 Å². The van der Waals surface area contributed by atoms with E-state index in [-0.39, 0.29) is 24.6 Å². The molecule has 0 bridgehead atoms. The van der Waals surface area contributed by atoms with Gasteiger partial charge < -0.3 is 10.1 Å². The van der Waals surface area contributed by atoms with Gasteiger partial charge in [-0.2, -0.15) is 0 Å². The average Bonchev–Trinajstić information content (AvgIpc) is 2.73. The topological polar surface area (TPSA) is 75.7 Å². The largest absolute Gasteiger partial charge is 0.484 e. The molecule has 3 rings (SSSR count). The number of ether oxygens (including phenoxy) is 1. The van der Waals surface area contributed by atoms with Crippen molar-refractivity contribution in [2.24, 2.45) is 0 Å². The Morgan fingerprint density at radius 3 is 2.29 bits per heavy atom. The summed E-state index contributed by atoms with van der Waals surface area (Å²) < 4.78 is 46.0. The molecular weight excluding hydrogens is 487 g/mol. The van der Waals surface area contributed by atoms with E-state index >= 15 is 0 Å². The first-order valence-corrected chi connectivity index (χ1v) is 11.9. The number of sulfonamides is 1. The van der Waals surface area contributed by atoms with Gasteiger partial charge >= 0.3 is 0 Å². The minimum absolute atomic E-state index is 0.138. The van der Waals surface area contributed by atoms with Gasteiger partial charge in [-0.25, -0.2) is 12.8 Å². The Morgan fingerprint density at radius 1 is 1.03 bits per heavy atom. The standard InChI is InChI=1S/C22H20BrFN2O4S/c1-31(28,29)26(14-16-4-2-3-5-21(16)24)19-10-12-20(13-11-19)30-15-22(27)25-18-8-6-17(23)7-9-18/h2-13H,14-15H2,1H3,(H,25,27). The van der Waals surface area contributed by atoms with Crippen LogP contribution >= 0.6 is 15.9 Å². The summed E-state index contributed by atoms with van der Waals surface area (Å²) in [6.07, 6.45) is 1.06. The van der Waals surface area contributed by atoms with Crippen LogP contribution in [0.3, 0.4) is 0 Å². The fourth-order valence-electron chi connectivity index (χ4n) is 2.77. The predicted octanol–water partition coefficient (Wildman–Crippen LogP) is 4.57. The maximum atomic E-state index is 14.0. The lowest BCUT2D eigenvalue weighted by atomic mass is 10.2. The molecule has 6 nitrogen and oxygen atoms in total. The Balaban J connectivity index is 1.65. The molecule has 0 aliphatic heterocycles. The molecule has 0 unspecified atom stereocenters. The van der Waals surface area contributed by atoms with Crippen molar-refractivity contribution in [2.75, 3.05) is 22.5 Å². The van der Waals surface area contributed by atoms with Gasteiger partial charge in [0.05, 0.1) is 18.5 Å². The van der Waals surface area contributed by atoms with Crippen LogP contribution in [0.25, 0.3) is 0 Å². The Kier molecular flexibility index (Phi) is 7.29. The Morgan fingerprint density at radius 2 is 1.68 bits per heavy atom. The van der Waals surface area contributed by atoms with Crippen molar-refractivity contribution in [2.45, 2.75) is 6.54 Å². The number of hydrogen-bond acceptors (Lipinski definition) is 4. The Hall–Kier alpha value is -2.91. The van der Waals surface area contributed by atoms with E-state index in [0.29, 0.717) is 17.1 Å². The number of anilines is 2. The molecule has 0 radical (unpaired) electrons. The summed E-state index contributed by atoms with van der Waals surface area (Å²) in [5.41, 5.74) is 1.26. The van der Waals surface area contributed by atoms with Crippen LogP contribution < -0.4 is 14.4 Å². The van der Waals surface area contributed by atoms with Crippen LogP contribution in [-0.2, 0) is 21.4 Å². The van der Waals surface area contributed by atoms with Crippen LogP contribution in [0.5, 0.6) is 5.75 Å². The van der Waals surface area contributed by atoms with Gasteiger partial charge in [0.25, 0.3) is 5.91 Å². The zero-order chi connectivity index (χ0) is 22.4. The molecule has 0 aliphatic carbocycles. The van der Waals surface area contributed by atoms with Crippen LogP contribution in [0.15, 0.2) is 77.3 Å². The minimum atomic E-state index is -3.65. The van der Waals surface area contributed by atoms with Crippen molar-refractivity contribution < 1.29 is 22.3 Å². The molecule has 1 amide bonds.